The molecule has 24 heavy (non-hydrogen) atoms. The van der Waals surface area contributed by atoms with E-state index in [-0.39, 0.29) is 17.3 Å². The van der Waals surface area contributed by atoms with Gasteiger partial charge in [-0.25, -0.2) is 9.18 Å². The Morgan fingerprint density at radius 2 is 1.62 bits per heavy atom. The average molecular weight is 325 g/mol. The van der Waals surface area contributed by atoms with Crippen molar-refractivity contribution in [3.05, 3.63) is 65.5 Å². The third-order valence-corrected chi connectivity index (χ3v) is 4.08. The molecule has 0 bridgehead atoms. The molecule has 3 rings (SSSR count). The van der Waals surface area contributed by atoms with Gasteiger partial charge in [-0.3, -0.25) is 4.79 Å². The van der Waals surface area contributed by atoms with Crippen molar-refractivity contribution in [3.8, 4) is 11.1 Å². The molecule has 0 radical (unpaired) electrons. The van der Waals surface area contributed by atoms with Gasteiger partial charge in [0.1, 0.15) is 5.82 Å². The predicted molar refractivity (Wildman–Crippen MR) is 89.0 cm³/mol. The van der Waals surface area contributed by atoms with Crippen LogP contribution in [-0.4, -0.2) is 17.0 Å². The van der Waals surface area contributed by atoms with E-state index in [0.717, 1.165) is 0 Å². The molecule has 0 saturated carbocycles. The smallest absolute Gasteiger partial charge is 0.332 e. The molecule has 0 aliphatic heterocycles. The van der Waals surface area contributed by atoms with E-state index >= 15 is 0 Å². The summed E-state index contributed by atoms with van der Waals surface area (Å²) in [4.78, 5) is 23.4. The second-order valence-corrected chi connectivity index (χ2v) is 5.63. The highest BCUT2D eigenvalue weighted by Gasteiger charge is 2.25. The summed E-state index contributed by atoms with van der Waals surface area (Å²) in [5.74, 6) is -1.73. The van der Waals surface area contributed by atoms with Crippen LogP contribution in [-0.2, 0) is 9.59 Å². The molecule has 5 heteroatoms. The maximum atomic E-state index is 13.8. The SMILES string of the molecule is O=C(O)C1=C(C(=O)Nc2ccc(-c3ccccc3F)cc2)CCC1. The monoisotopic (exact) mass is 325 g/mol. The van der Waals surface area contributed by atoms with Crippen LogP contribution in [0.15, 0.2) is 59.7 Å². The van der Waals surface area contributed by atoms with E-state index < -0.39 is 5.97 Å². The van der Waals surface area contributed by atoms with Crippen molar-refractivity contribution >= 4 is 17.6 Å². The van der Waals surface area contributed by atoms with E-state index in [1.165, 1.54) is 6.07 Å². The van der Waals surface area contributed by atoms with Gasteiger partial charge in [-0.2, -0.15) is 0 Å². The maximum absolute atomic E-state index is 13.8. The molecule has 2 aromatic carbocycles. The predicted octanol–water partition coefficient (Wildman–Crippen LogP) is 4.00. The third kappa shape index (κ3) is 3.20. The number of hydrogen-bond donors (Lipinski definition) is 2. The summed E-state index contributed by atoms with van der Waals surface area (Å²) in [6, 6.07) is 13.3. The van der Waals surface area contributed by atoms with E-state index in [1.807, 2.05) is 0 Å². The van der Waals surface area contributed by atoms with Crippen LogP contribution in [0, 0.1) is 5.82 Å². The highest BCUT2D eigenvalue weighted by atomic mass is 19.1. The van der Waals surface area contributed by atoms with Crippen molar-refractivity contribution in [3.63, 3.8) is 0 Å². The average Bonchev–Trinajstić information content (AvgIpc) is 3.06. The number of nitrogens with one attached hydrogen (secondary N) is 1. The van der Waals surface area contributed by atoms with Gasteiger partial charge in [-0.15, -0.1) is 0 Å². The van der Waals surface area contributed by atoms with Crippen LogP contribution in [0.3, 0.4) is 0 Å². The fraction of sp³-hybridized carbons (Fsp3) is 0.158. The number of aliphatic carboxylic acids is 1. The number of amides is 1. The van der Waals surface area contributed by atoms with Gasteiger partial charge in [0.05, 0.1) is 0 Å². The van der Waals surface area contributed by atoms with Crippen molar-refractivity contribution in [2.45, 2.75) is 19.3 Å². The summed E-state index contributed by atoms with van der Waals surface area (Å²) in [6.45, 7) is 0. The number of rotatable bonds is 4. The molecule has 0 heterocycles. The number of anilines is 1. The van der Waals surface area contributed by atoms with E-state index in [1.54, 1.807) is 42.5 Å². The van der Waals surface area contributed by atoms with Gasteiger partial charge in [0.15, 0.2) is 0 Å². The van der Waals surface area contributed by atoms with Crippen molar-refractivity contribution in [1.82, 2.24) is 0 Å². The van der Waals surface area contributed by atoms with Gasteiger partial charge >= 0.3 is 5.97 Å². The molecule has 0 fully saturated rings. The Morgan fingerprint density at radius 3 is 2.29 bits per heavy atom. The summed E-state index contributed by atoms with van der Waals surface area (Å²) in [5.41, 5.74) is 2.26. The molecule has 2 N–H and O–H groups in total. The van der Waals surface area contributed by atoms with Crippen LogP contribution in [0.25, 0.3) is 11.1 Å². The zero-order valence-corrected chi connectivity index (χ0v) is 12.9. The molecule has 1 aliphatic rings. The van der Waals surface area contributed by atoms with Crippen LogP contribution in [0.4, 0.5) is 10.1 Å². The fourth-order valence-electron chi connectivity index (χ4n) is 2.87. The van der Waals surface area contributed by atoms with E-state index in [9.17, 15) is 14.0 Å². The van der Waals surface area contributed by atoms with Crippen LogP contribution in [0.2, 0.25) is 0 Å². The number of halogens is 1. The molecule has 122 valence electrons. The Kier molecular flexibility index (Phi) is 4.42. The first-order chi connectivity index (χ1) is 11.6. The first-order valence-electron chi connectivity index (χ1n) is 7.68. The van der Waals surface area contributed by atoms with E-state index in [0.29, 0.717) is 41.6 Å². The van der Waals surface area contributed by atoms with Crippen LogP contribution < -0.4 is 5.32 Å². The molecule has 1 amide bonds. The highest BCUT2D eigenvalue weighted by Crippen LogP contribution is 2.28. The molecule has 0 unspecified atom stereocenters. The second-order valence-electron chi connectivity index (χ2n) is 5.63. The lowest BCUT2D eigenvalue weighted by atomic mass is 10.0. The molecule has 1 aliphatic carbocycles. The Morgan fingerprint density at radius 1 is 0.958 bits per heavy atom. The lowest BCUT2D eigenvalue weighted by molar-refractivity contribution is -0.133. The summed E-state index contributed by atoms with van der Waals surface area (Å²) in [5, 5.41) is 11.8. The highest BCUT2D eigenvalue weighted by molar-refractivity contribution is 6.09. The number of carboxylic acid groups (broad SMARTS) is 1. The summed E-state index contributed by atoms with van der Waals surface area (Å²) < 4.78 is 13.8. The van der Waals surface area contributed by atoms with Gasteiger partial charge in [-0.05, 0) is 43.0 Å². The topological polar surface area (TPSA) is 66.4 Å². The number of carbonyl (C=O) groups is 2. The Balaban J connectivity index is 1.78. The Hall–Kier alpha value is -2.95. The minimum absolute atomic E-state index is 0.190. The molecule has 4 nitrogen and oxygen atoms in total. The normalized spacial score (nSPS) is 13.9. The second kappa shape index (κ2) is 6.66. The molecule has 0 spiro atoms. The molecular weight excluding hydrogens is 309 g/mol. The van der Waals surface area contributed by atoms with Crippen molar-refractivity contribution in [1.29, 1.82) is 0 Å². The number of carboxylic acids is 1. The van der Waals surface area contributed by atoms with Gasteiger partial charge in [-0.1, -0.05) is 30.3 Å². The zero-order chi connectivity index (χ0) is 17.1. The molecular formula is C19H16FNO3. The van der Waals surface area contributed by atoms with Gasteiger partial charge in [0.25, 0.3) is 5.91 Å². The van der Waals surface area contributed by atoms with Crippen molar-refractivity contribution in [2.24, 2.45) is 0 Å². The number of carbonyl (C=O) groups excluding carboxylic acids is 1. The third-order valence-electron chi connectivity index (χ3n) is 4.08. The van der Waals surface area contributed by atoms with Gasteiger partial charge in [0, 0.05) is 22.4 Å². The van der Waals surface area contributed by atoms with Crippen LogP contribution >= 0.6 is 0 Å². The molecule has 0 saturated heterocycles. The first kappa shape index (κ1) is 15.9. The maximum Gasteiger partial charge on any atom is 0.332 e. The summed E-state index contributed by atoms with van der Waals surface area (Å²) in [7, 11) is 0. The van der Waals surface area contributed by atoms with Crippen LogP contribution in [0.5, 0.6) is 0 Å². The zero-order valence-electron chi connectivity index (χ0n) is 12.9. The van der Waals surface area contributed by atoms with E-state index in [4.69, 9.17) is 5.11 Å². The molecule has 2 aromatic rings. The summed E-state index contributed by atoms with van der Waals surface area (Å²) in [6.07, 6.45) is 1.57. The van der Waals surface area contributed by atoms with Crippen molar-refractivity contribution in [2.75, 3.05) is 5.32 Å². The van der Waals surface area contributed by atoms with Gasteiger partial charge in [0.2, 0.25) is 0 Å². The lowest BCUT2D eigenvalue weighted by Gasteiger charge is -2.09. The number of benzene rings is 2. The quantitative estimate of drug-likeness (QED) is 0.893. The van der Waals surface area contributed by atoms with Crippen molar-refractivity contribution < 1.29 is 19.1 Å². The standard InChI is InChI=1S/C19H16FNO3/c20-17-7-2-1-4-14(17)12-8-10-13(11-9-12)21-18(22)15-5-3-6-16(15)19(23)24/h1-2,4,7-11H,3,5-6H2,(H,21,22)(H,23,24). The minimum Gasteiger partial charge on any atom is -0.478 e. The fourth-order valence-corrected chi connectivity index (χ4v) is 2.87. The molecule has 0 aromatic heterocycles. The Bertz CT molecular complexity index is 825. The van der Waals surface area contributed by atoms with E-state index in [2.05, 4.69) is 5.32 Å². The molecule has 0 atom stereocenters. The largest absolute Gasteiger partial charge is 0.478 e. The van der Waals surface area contributed by atoms with Gasteiger partial charge < -0.3 is 10.4 Å². The first-order valence-corrected chi connectivity index (χ1v) is 7.68. The Labute approximate surface area is 138 Å². The number of hydrogen-bond acceptors (Lipinski definition) is 2. The van der Waals surface area contributed by atoms with Crippen LogP contribution in [0.1, 0.15) is 19.3 Å². The lowest BCUT2D eigenvalue weighted by Crippen LogP contribution is -2.16. The minimum atomic E-state index is -1.03. The summed E-state index contributed by atoms with van der Waals surface area (Å²) >= 11 is 0.